The molecular formula is C3H6N2O. The molecule has 0 heterocycles. The van der Waals surface area contributed by atoms with Crippen molar-refractivity contribution >= 4 is 0 Å². The number of rotatable bonds is 1. The number of nitriles is 1. The average molecular weight is 86.1 g/mol. The van der Waals surface area contributed by atoms with Gasteiger partial charge in [0.25, 0.3) is 0 Å². The predicted octanol–water partition coefficient (Wildman–Crippen LogP) is -0.823. The maximum absolute atomic E-state index is 8.11. The lowest BCUT2D eigenvalue weighted by Crippen LogP contribution is -2.16. The Labute approximate surface area is 36.0 Å². The minimum atomic E-state index is -0.963. The van der Waals surface area contributed by atoms with Crippen LogP contribution in [0.15, 0.2) is 0 Å². The summed E-state index contributed by atoms with van der Waals surface area (Å²) in [5, 5.41) is 15.9. The van der Waals surface area contributed by atoms with Crippen molar-refractivity contribution in [3.8, 4) is 6.07 Å². The molecule has 0 saturated heterocycles. The fourth-order valence-electron chi connectivity index (χ4n) is 0.0935. The topological polar surface area (TPSA) is 70.0 Å². The van der Waals surface area contributed by atoms with Crippen LogP contribution in [0.1, 0.15) is 6.42 Å². The molecular weight excluding hydrogens is 80.0 g/mol. The first-order chi connectivity index (χ1) is 2.77. The normalized spacial score (nSPS) is 12.8. The Balaban J connectivity index is 2.88. The maximum atomic E-state index is 8.11. The summed E-state index contributed by atoms with van der Waals surface area (Å²) in [6.07, 6.45) is -0.949. The minimum absolute atomic E-state index is 0.0139. The minimum Gasteiger partial charge on any atom is -0.378 e. The first-order valence-corrected chi connectivity index (χ1v) is 1.58. The highest BCUT2D eigenvalue weighted by atomic mass is 16.3. The lowest BCUT2D eigenvalue weighted by molar-refractivity contribution is 0.188. The van der Waals surface area contributed by atoms with Crippen molar-refractivity contribution < 1.29 is 5.11 Å². The monoisotopic (exact) mass is 86.0 g/mol. The van der Waals surface area contributed by atoms with E-state index in [2.05, 4.69) is 0 Å². The summed E-state index contributed by atoms with van der Waals surface area (Å²) >= 11 is 0. The Morgan fingerprint density at radius 2 is 2.50 bits per heavy atom. The van der Waals surface area contributed by atoms with E-state index in [1.54, 1.807) is 6.07 Å². The van der Waals surface area contributed by atoms with Gasteiger partial charge in [0.05, 0.1) is 12.5 Å². The van der Waals surface area contributed by atoms with Crippen molar-refractivity contribution in [3.05, 3.63) is 0 Å². The van der Waals surface area contributed by atoms with E-state index in [4.69, 9.17) is 16.1 Å². The standard InChI is InChI=1S/C3H6N2O/c4-2-1-3(5)6/h3,6H,1,5H2/t3-/m0/s1. The van der Waals surface area contributed by atoms with E-state index in [9.17, 15) is 0 Å². The van der Waals surface area contributed by atoms with Crippen molar-refractivity contribution in [2.24, 2.45) is 5.73 Å². The fraction of sp³-hybridized carbons (Fsp3) is 0.667. The Morgan fingerprint density at radius 3 is 2.50 bits per heavy atom. The summed E-state index contributed by atoms with van der Waals surface area (Å²) in [5.74, 6) is 0. The highest BCUT2D eigenvalue weighted by Gasteiger charge is 1.87. The van der Waals surface area contributed by atoms with E-state index in [-0.39, 0.29) is 6.42 Å². The van der Waals surface area contributed by atoms with Crippen molar-refractivity contribution in [2.75, 3.05) is 0 Å². The second-order valence-corrected chi connectivity index (χ2v) is 0.930. The molecule has 0 aliphatic carbocycles. The number of hydrogen-bond acceptors (Lipinski definition) is 3. The molecule has 0 saturated carbocycles. The molecule has 0 radical (unpaired) electrons. The molecule has 1 atom stereocenters. The van der Waals surface area contributed by atoms with E-state index in [0.29, 0.717) is 0 Å². The summed E-state index contributed by atoms with van der Waals surface area (Å²) in [5.41, 5.74) is 4.74. The van der Waals surface area contributed by atoms with Gasteiger partial charge in [0, 0.05) is 0 Å². The van der Waals surface area contributed by atoms with E-state index in [1.165, 1.54) is 0 Å². The van der Waals surface area contributed by atoms with Crippen LogP contribution in [-0.2, 0) is 0 Å². The van der Waals surface area contributed by atoms with Gasteiger partial charge in [-0.2, -0.15) is 5.26 Å². The summed E-state index contributed by atoms with van der Waals surface area (Å²) in [6.45, 7) is 0. The first-order valence-electron chi connectivity index (χ1n) is 1.58. The quantitative estimate of drug-likeness (QED) is 0.409. The van der Waals surface area contributed by atoms with E-state index < -0.39 is 6.23 Å². The van der Waals surface area contributed by atoms with Crippen LogP contribution in [0.2, 0.25) is 0 Å². The zero-order valence-corrected chi connectivity index (χ0v) is 3.26. The Bertz CT molecular complexity index is 63.7. The summed E-state index contributed by atoms with van der Waals surface area (Å²) < 4.78 is 0. The van der Waals surface area contributed by atoms with Gasteiger partial charge in [0.1, 0.15) is 6.23 Å². The van der Waals surface area contributed by atoms with Gasteiger partial charge in [0.15, 0.2) is 0 Å². The third-order valence-electron chi connectivity index (χ3n) is 0.300. The van der Waals surface area contributed by atoms with Gasteiger partial charge in [-0.1, -0.05) is 0 Å². The zero-order valence-electron chi connectivity index (χ0n) is 3.26. The van der Waals surface area contributed by atoms with Crippen molar-refractivity contribution in [3.63, 3.8) is 0 Å². The van der Waals surface area contributed by atoms with Gasteiger partial charge in [-0.25, -0.2) is 0 Å². The molecule has 0 aromatic rings. The summed E-state index contributed by atoms with van der Waals surface area (Å²) in [6, 6.07) is 1.69. The fourth-order valence-corrected chi connectivity index (χ4v) is 0.0935. The predicted molar refractivity (Wildman–Crippen MR) is 20.4 cm³/mol. The third-order valence-corrected chi connectivity index (χ3v) is 0.300. The first kappa shape index (κ1) is 5.41. The molecule has 0 spiro atoms. The second kappa shape index (κ2) is 2.64. The highest BCUT2D eigenvalue weighted by Crippen LogP contribution is 1.73. The van der Waals surface area contributed by atoms with Crippen LogP contribution in [0.3, 0.4) is 0 Å². The molecule has 34 valence electrons. The van der Waals surface area contributed by atoms with E-state index in [1.807, 2.05) is 0 Å². The van der Waals surface area contributed by atoms with E-state index >= 15 is 0 Å². The lowest BCUT2D eigenvalue weighted by atomic mass is 10.4. The number of nitrogens with zero attached hydrogens (tertiary/aromatic N) is 1. The molecule has 0 aromatic heterocycles. The number of aliphatic hydroxyl groups excluding tert-OH is 1. The van der Waals surface area contributed by atoms with Crippen LogP contribution in [-0.4, -0.2) is 11.3 Å². The smallest absolute Gasteiger partial charge is 0.115 e. The lowest BCUT2D eigenvalue weighted by Gasteiger charge is -1.89. The average Bonchev–Trinajstić information content (AvgIpc) is 1.35. The number of hydrogen-bond donors (Lipinski definition) is 2. The molecule has 0 unspecified atom stereocenters. The molecule has 3 nitrogen and oxygen atoms in total. The highest BCUT2D eigenvalue weighted by molar-refractivity contribution is 4.70. The SMILES string of the molecule is N#CC[C@@H](N)O. The third kappa shape index (κ3) is 3.41. The summed E-state index contributed by atoms with van der Waals surface area (Å²) in [4.78, 5) is 0. The van der Waals surface area contributed by atoms with Crippen LogP contribution in [0.5, 0.6) is 0 Å². The Morgan fingerprint density at radius 1 is 2.00 bits per heavy atom. The largest absolute Gasteiger partial charge is 0.378 e. The van der Waals surface area contributed by atoms with Crippen LogP contribution in [0.4, 0.5) is 0 Å². The molecule has 0 bridgehead atoms. The molecule has 0 aliphatic rings. The van der Waals surface area contributed by atoms with E-state index in [0.717, 1.165) is 0 Å². The van der Waals surface area contributed by atoms with Crippen LogP contribution in [0.25, 0.3) is 0 Å². The molecule has 3 N–H and O–H groups in total. The molecule has 0 rings (SSSR count). The molecule has 6 heavy (non-hydrogen) atoms. The Hall–Kier alpha value is -0.590. The molecule has 0 amide bonds. The zero-order chi connectivity index (χ0) is 4.99. The van der Waals surface area contributed by atoms with Crippen molar-refractivity contribution in [1.29, 1.82) is 5.26 Å². The van der Waals surface area contributed by atoms with Crippen LogP contribution < -0.4 is 5.73 Å². The summed E-state index contributed by atoms with van der Waals surface area (Å²) in [7, 11) is 0. The van der Waals surface area contributed by atoms with Gasteiger partial charge in [-0.3, -0.25) is 0 Å². The van der Waals surface area contributed by atoms with Crippen molar-refractivity contribution in [1.82, 2.24) is 0 Å². The second-order valence-electron chi connectivity index (χ2n) is 0.930. The number of aliphatic hydroxyl groups is 1. The molecule has 0 fully saturated rings. The molecule has 0 aromatic carbocycles. The van der Waals surface area contributed by atoms with Crippen LogP contribution >= 0.6 is 0 Å². The molecule has 3 heteroatoms. The number of nitrogens with two attached hydrogens (primary N) is 1. The maximum Gasteiger partial charge on any atom is 0.115 e. The van der Waals surface area contributed by atoms with Gasteiger partial charge in [0.2, 0.25) is 0 Å². The van der Waals surface area contributed by atoms with Gasteiger partial charge in [-0.05, 0) is 0 Å². The van der Waals surface area contributed by atoms with Crippen LogP contribution in [0, 0.1) is 11.3 Å². The molecule has 0 aliphatic heterocycles. The van der Waals surface area contributed by atoms with Gasteiger partial charge < -0.3 is 10.8 Å². The van der Waals surface area contributed by atoms with Crippen molar-refractivity contribution in [2.45, 2.75) is 12.6 Å². The van der Waals surface area contributed by atoms with Gasteiger partial charge in [-0.15, -0.1) is 0 Å². The van der Waals surface area contributed by atoms with Gasteiger partial charge >= 0.3 is 0 Å². The Kier molecular flexibility index (Phi) is 2.38.